The van der Waals surface area contributed by atoms with Gasteiger partial charge in [0.25, 0.3) is 0 Å². The van der Waals surface area contributed by atoms with E-state index in [1.54, 1.807) is 50.4 Å². The van der Waals surface area contributed by atoms with E-state index in [0.717, 1.165) is 17.0 Å². The first-order valence-corrected chi connectivity index (χ1v) is 19.4. The van der Waals surface area contributed by atoms with Crippen LogP contribution in [0.1, 0.15) is 55.2 Å². The van der Waals surface area contributed by atoms with Gasteiger partial charge in [0, 0.05) is 25.0 Å². The molecule has 11 heteroatoms. The van der Waals surface area contributed by atoms with Gasteiger partial charge in [-0.05, 0) is 98.2 Å². The third-order valence-electron chi connectivity index (χ3n) is 7.52. The molecule has 7 rings (SSSR count). The number of para-hydroxylation sites is 1. The number of hydrogen-bond donors (Lipinski definition) is 2. The average molecular weight is 798 g/mol. The quantitative estimate of drug-likeness (QED) is 0.119. The Kier molecular flexibility index (Phi) is 19.7. The van der Waals surface area contributed by atoms with Crippen molar-refractivity contribution in [3.63, 3.8) is 0 Å². The minimum atomic E-state index is -0.983. The van der Waals surface area contributed by atoms with Crippen molar-refractivity contribution in [3.8, 4) is 5.75 Å². The maximum atomic E-state index is 10.7. The van der Waals surface area contributed by atoms with Crippen LogP contribution < -0.4 is 20.4 Å². The highest BCUT2D eigenvalue weighted by Crippen LogP contribution is 2.32. The first-order chi connectivity index (χ1) is 27.5. The summed E-state index contributed by atoms with van der Waals surface area (Å²) in [6.07, 6.45) is 3.11. The maximum Gasteiger partial charge on any atom is 0.354 e. The van der Waals surface area contributed by atoms with Crippen molar-refractivity contribution in [1.29, 1.82) is 0 Å². The number of carboxylic acids is 2. The normalized spacial score (nSPS) is 9.65. The molecule has 0 fully saturated rings. The van der Waals surface area contributed by atoms with E-state index in [1.165, 1.54) is 35.1 Å². The number of ketones is 1. The largest absolute Gasteiger partial charge is 0.480 e. The fraction of sp³-hybridized carbons (Fsp3) is 0.0870. The summed E-state index contributed by atoms with van der Waals surface area (Å²) in [6, 6.07) is 53.9. The van der Waals surface area contributed by atoms with Crippen LogP contribution in [0.2, 0.25) is 0 Å². The Bertz CT molecular complexity index is 2110. The molecule has 3 heterocycles. The van der Waals surface area contributed by atoms with Crippen molar-refractivity contribution in [1.82, 2.24) is 15.0 Å². The molecule has 2 N–H and O–H groups in total. The monoisotopic (exact) mass is 797 g/mol. The molecule has 1 unspecified atom stereocenters. The maximum absolute atomic E-state index is 10.7. The second-order valence-electron chi connectivity index (χ2n) is 12.0. The van der Waals surface area contributed by atoms with E-state index in [1.807, 2.05) is 43.3 Å². The lowest BCUT2D eigenvalue weighted by Crippen LogP contribution is -2.20. The third-order valence-corrected chi connectivity index (χ3v) is 10.2. The Morgan fingerprint density at radius 1 is 0.561 bits per heavy atom. The summed E-state index contributed by atoms with van der Waals surface area (Å²) >= 11 is 0. The van der Waals surface area contributed by atoms with Gasteiger partial charge in [0.15, 0.2) is 11.5 Å². The Labute approximate surface area is 337 Å². The number of benzene rings is 4. The molecule has 9 nitrogen and oxygen atoms in total. The Hall–Kier alpha value is -6.40. The van der Waals surface area contributed by atoms with Gasteiger partial charge in [0.2, 0.25) is 0 Å². The van der Waals surface area contributed by atoms with Gasteiger partial charge < -0.3 is 14.7 Å². The molecule has 0 aliphatic rings. The number of rotatable bonds is 7. The van der Waals surface area contributed by atoms with Crippen molar-refractivity contribution in [3.05, 3.63) is 210 Å². The number of Topliss-reactive ketones (excluding diaryl/α,β-unsaturated/α-hetero) is 1. The number of nitrogens with zero attached hydrogens (tertiary/aromatic N) is 3. The number of pyridine rings is 3. The van der Waals surface area contributed by atoms with Crippen LogP contribution >= 0.6 is 17.4 Å². The Morgan fingerprint density at radius 3 is 1.40 bits per heavy atom. The summed E-state index contributed by atoms with van der Waals surface area (Å²) in [7, 11) is 1.75. The smallest absolute Gasteiger partial charge is 0.354 e. The minimum Gasteiger partial charge on any atom is -0.480 e. The van der Waals surface area contributed by atoms with Crippen molar-refractivity contribution in [2.45, 2.75) is 27.7 Å². The highest BCUT2D eigenvalue weighted by Gasteiger charge is 2.15. The van der Waals surface area contributed by atoms with Crippen LogP contribution in [0.25, 0.3) is 0 Å². The van der Waals surface area contributed by atoms with E-state index in [4.69, 9.17) is 14.7 Å². The lowest BCUT2D eigenvalue weighted by atomic mass is 10.2. The van der Waals surface area contributed by atoms with E-state index >= 15 is 0 Å². The van der Waals surface area contributed by atoms with Gasteiger partial charge in [-0.15, -0.1) is 0 Å². The minimum absolute atomic E-state index is 0.0173. The zero-order chi connectivity index (χ0) is 41.4. The lowest BCUT2D eigenvalue weighted by molar-refractivity contribution is 0.0679. The predicted molar refractivity (Wildman–Crippen MR) is 233 cm³/mol. The first kappa shape index (κ1) is 45.0. The van der Waals surface area contributed by atoms with Crippen LogP contribution in [0, 0.1) is 20.8 Å². The highest BCUT2D eigenvalue weighted by atomic mass is 31.1. The molecule has 0 bridgehead atoms. The van der Waals surface area contributed by atoms with E-state index < -0.39 is 19.9 Å². The first-order valence-electron chi connectivity index (χ1n) is 17.6. The number of aromatic nitrogens is 3. The fourth-order valence-electron chi connectivity index (χ4n) is 4.78. The molecule has 0 aliphatic carbocycles. The van der Waals surface area contributed by atoms with Crippen molar-refractivity contribution >= 4 is 51.0 Å². The molecular formula is C46H45N3O6P2. The van der Waals surface area contributed by atoms with Gasteiger partial charge in [-0.25, -0.2) is 19.6 Å². The van der Waals surface area contributed by atoms with E-state index in [9.17, 15) is 14.4 Å². The second-order valence-corrected chi connectivity index (χ2v) is 14.4. The molecule has 290 valence electrons. The van der Waals surface area contributed by atoms with E-state index in [2.05, 4.69) is 115 Å². The number of aryl methyl sites for hydroxylation is 3. The summed E-state index contributed by atoms with van der Waals surface area (Å²) in [5, 5.41) is 21.1. The highest BCUT2D eigenvalue weighted by molar-refractivity contribution is 7.79. The molecule has 0 saturated heterocycles. The van der Waals surface area contributed by atoms with Crippen molar-refractivity contribution in [2.75, 3.05) is 0 Å². The van der Waals surface area contributed by atoms with Crippen molar-refractivity contribution < 1.29 is 29.1 Å². The van der Waals surface area contributed by atoms with E-state index in [0.29, 0.717) is 11.3 Å². The Balaban J connectivity index is 0.000000200. The number of carboxylic acid groups (broad SMARTS) is 2. The molecule has 0 amide bonds. The van der Waals surface area contributed by atoms with E-state index in [-0.39, 0.29) is 17.2 Å². The molecule has 0 saturated carbocycles. The van der Waals surface area contributed by atoms with Gasteiger partial charge in [-0.3, -0.25) is 9.78 Å². The summed E-state index contributed by atoms with van der Waals surface area (Å²) in [6.45, 7) is 6.93. The summed E-state index contributed by atoms with van der Waals surface area (Å²) in [4.78, 5) is 42.7. The second kappa shape index (κ2) is 24.9. The van der Waals surface area contributed by atoms with Gasteiger partial charge in [0.1, 0.15) is 17.1 Å². The fourth-order valence-corrected chi connectivity index (χ4v) is 7.24. The molecule has 0 spiro atoms. The SMILES string of the molecule is CC(=O)c1cc(C)ccn1.Cc1cccc(C(=O)O)n1.Cc1cccnc1C(=O)O.POc1ccccc1.c1ccc(P(c2ccccc2)c2ccccc2)cc1. The predicted octanol–water partition coefficient (Wildman–Crippen LogP) is 9.07. The van der Waals surface area contributed by atoms with Crippen LogP contribution in [0.4, 0.5) is 0 Å². The molecule has 0 radical (unpaired) electrons. The molecule has 1 atom stereocenters. The van der Waals surface area contributed by atoms with Crippen LogP contribution in [0.15, 0.2) is 176 Å². The molecular weight excluding hydrogens is 752 g/mol. The number of carbonyl (C=O) groups is 3. The standard InChI is InChI=1S/C18H15P.C8H9NO.2C7H7NO2.C6H7OP/c1-4-10-16(11-5-1)19(17-12-6-2-7-13-17)18-14-8-3-9-15-18;1-6-3-4-9-8(5-6)7(2)10;1-5-3-2-4-8-6(5)7(9)10;1-5-3-2-4-6(8-5)7(9)10;8-7-6-4-2-1-3-5-6/h1-15H;3-5H,1-2H3;2*2-4H,1H3,(H,9,10);1-5H,8H2. The Morgan fingerprint density at radius 2 is 1.07 bits per heavy atom. The molecule has 57 heavy (non-hydrogen) atoms. The molecule has 3 aromatic heterocycles. The van der Waals surface area contributed by atoms with Crippen LogP contribution in [0.3, 0.4) is 0 Å². The lowest BCUT2D eigenvalue weighted by Gasteiger charge is -2.18. The number of carbonyl (C=O) groups excluding carboxylic acids is 1. The topological polar surface area (TPSA) is 140 Å². The van der Waals surface area contributed by atoms with Crippen molar-refractivity contribution in [2.24, 2.45) is 0 Å². The van der Waals surface area contributed by atoms with Crippen LogP contribution in [-0.2, 0) is 0 Å². The van der Waals surface area contributed by atoms with Crippen LogP contribution in [-0.4, -0.2) is 42.9 Å². The van der Waals surface area contributed by atoms with Gasteiger partial charge in [-0.2, -0.15) is 0 Å². The zero-order valence-corrected chi connectivity index (χ0v) is 34.2. The summed E-state index contributed by atoms with van der Waals surface area (Å²) < 4.78 is 4.83. The average Bonchev–Trinajstić information content (AvgIpc) is 3.23. The summed E-state index contributed by atoms with van der Waals surface area (Å²) in [5.74, 6) is -1.07. The third kappa shape index (κ3) is 16.5. The molecule has 7 aromatic rings. The van der Waals surface area contributed by atoms with Gasteiger partial charge in [-0.1, -0.05) is 121 Å². The van der Waals surface area contributed by atoms with Gasteiger partial charge >= 0.3 is 11.9 Å². The van der Waals surface area contributed by atoms with Crippen LogP contribution in [0.5, 0.6) is 5.75 Å². The molecule has 4 aromatic carbocycles. The summed E-state index contributed by atoms with van der Waals surface area (Å²) in [5.41, 5.74) is 3.25. The number of hydrogen-bond acceptors (Lipinski definition) is 7. The van der Waals surface area contributed by atoms with Gasteiger partial charge in [0.05, 0.1) is 9.47 Å². The molecule has 0 aliphatic heterocycles. The number of aromatic carboxylic acids is 2. The zero-order valence-electron chi connectivity index (χ0n) is 32.1.